The monoisotopic (exact) mass is 328 g/mol. The highest BCUT2D eigenvalue weighted by Gasteiger charge is 2.21. The van der Waals surface area contributed by atoms with Crippen molar-refractivity contribution in [2.45, 2.75) is 32.9 Å². The van der Waals surface area contributed by atoms with Crippen molar-refractivity contribution in [3.8, 4) is 0 Å². The van der Waals surface area contributed by atoms with E-state index in [2.05, 4.69) is 5.32 Å². The summed E-state index contributed by atoms with van der Waals surface area (Å²) >= 11 is 1.46. The van der Waals surface area contributed by atoms with Gasteiger partial charge in [0.15, 0.2) is 0 Å². The summed E-state index contributed by atoms with van der Waals surface area (Å²) in [7, 11) is 0. The number of thiophene rings is 1. The standard InChI is InChI=1S/C18H20N2O2S/c1-13-8-10-23-17(13)18(22)19-11-14-5-2-3-6-15(14)12-20-9-4-7-16(20)21/h2-3,5-6,8,10H,4,7,9,11-12H2,1H3,(H,19,22). The molecule has 5 heteroatoms. The molecule has 1 saturated heterocycles. The molecule has 3 rings (SSSR count). The predicted molar refractivity (Wildman–Crippen MR) is 91.3 cm³/mol. The van der Waals surface area contributed by atoms with Gasteiger partial charge in [-0.2, -0.15) is 0 Å². The maximum Gasteiger partial charge on any atom is 0.261 e. The molecule has 1 N–H and O–H groups in total. The lowest BCUT2D eigenvalue weighted by molar-refractivity contribution is -0.128. The number of hydrogen-bond acceptors (Lipinski definition) is 3. The lowest BCUT2D eigenvalue weighted by Crippen LogP contribution is -2.26. The third-order valence-corrected chi connectivity index (χ3v) is 5.17. The molecule has 120 valence electrons. The van der Waals surface area contributed by atoms with Crippen LogP contribution in [0.1, 0.15) is 39.2 Å². The van der Waals surface area contributed by atoms with Crippen molar-refractivity contribution >= 4 is 23.2 Å². The molecule has 1 aromatic carbocycles. The third kappa shape index (κ3) is 3.62. The molecule has 1 aromatic heterocycles. The van der Waals surface area contributed by atoms with Crippen LogP contribution in [0.2, 0.25) is 0 Å². The molecule has 0 unspecified atom stereocenters. The summed E-state index contributed by atoms with van der Waals surface area (Å²) in [5, 5.41) is 4.91. The van der Waals surface area contributed by atoms with Gasteiger partial charge in [0, 0.05) is 26.1 Å². The third-order valence-electron chi connectivity index (χ3n) is 4.16. The quantitative estimate of drug-likeness (QED) is 0.917. The van der Waals surface area contributed by atoms with E-state index >= 15 is 0 Å². The first kappa shape index (κ1) is 15.7. The van der Waals surface area contributed by atoms with Gasteiger partial charge in [0.1, 0.15) is 0 Å². The maximum atomic E-state index is 12.2. The molecule has 2 heterocycles. The first-order valence-corrected chi connectivity index (χ1v) is 8.70. The molecule has 0 bridgehead atoms. The maximum absolute atomic E-state index is 12.2. The molecule has 1 fully saturated rings. The summed E-state index contributed by atoms with van der Waals surface area (Å²) in [5.74, 6) is 0.183. The topological polar surface area (TPSA) is 49.4 Å². The Hall–Kier alpha value is -2.14. The zero-order valence-corrected chi connectivity index (χ0v) is 14.0. The Balaban J connectivity index is 1.67. The molecule has 23 heavy (non-hydrogen) atoms. The predicted octanol–water partition coefficient (Wildman–Crippen LogP) is 3.11. The van der Waals surface area contributed by atoms with Crippen LogP contribution < -0.4 is 5.32 Å². The summed E-state index contributed by atoms with van der Waals surface area (Å²) < 4.78 is 0. The Bertz CT molecular complexity index is 723. The van der Waals surface area contributed by atoms with Gasteiger partial charge < -0.3 is 10.2 Å². The Morgan fingerprint density at radius 1 is 1.26 bits per heavy atom. The minimum absolute atomic E-state index is 0.0375. The van der Waals surface area contributed by atoms with Crippen LogP contribution in [0, 0.1) is 6.92 Å². The van der Waals surface area contributed by atoms with Gasteiger partial charge in [-0.3, -0.25) is 9.59 Å². The van der Waals surface area contributed by atoms with Crippen LogP contribution in [0.15, 0.2) is 35.7 Å². The van der Waals surface area contributed by atoms with Crippen molar-refractivity contribution in [2.75, 3.05) is 6.54 Å². The fraction of sp³-hybridized carbons (Fsp3) is 0.333. The lowest BCUT2D eigenvalue weighted by Gasteiger charge is -2.18. The summed E-state index contributed by atoms with van der Waals surface area (Å²) in [4.78, 5) is 26.7. The van der Waals surface area contributed by atoms with E-state index in [1.165, 1.54) is 11.3 Å². The van der Waals surface area contributed by atoms with Gasteiger partial charge >= 0.3 is 0 Å². The number of carbonyl (C=O) groups excluding carboxylic acids is 2. The number of benzene rings is 1. The number of nitrogens with zero attached hydrogens (tertiary/aromatic N) is 1. The molecule has 0 aliphatic carbocycles. The van der Waals surface area contributed by atoms with Gasteiger partial charge in [0.05, 0.1) is 4.88 Å². The highest BCUT2D eigenvalue weighted by atomic mass is 32.1. The van der Waals surface area contributed by atoms with E-state index in [1.54, 1.807) is 0 Å². The Labute approximate surface area is 140 Å². The van der Waals surface area contributed by atoms with Gasteiger partial charge in [0.2, 0.25) is 5.91 Å². The SMILES string of the molecule is Cc1ccsc1C(=O)NCc1ccccc1CN1CCCC1=O. The molecular formula is C18H20N2O2S. The van der Waals surface area contributed by atoms with Crippen LogP contribution in [0.3, 0.4) is 0 Å². The van der Waals surface area contributed by atoms with Gasteiger partial charge in [-0.15, -0.1) is 11.3 Å². The van der Waals surface area contributed by atoms with Crippen molar-refractivity contribution in [3.63, 3.8) is 0 Å². The van der Waals surface area contributed by atoms with E-state index in [4.69, 9.17) is 0 Å². The number of likely N-dealkylation sites (tertiary alicyclic amines) is 1. The molecule has 0 spiro atoms. The summed E-state index contributed by atoms with van der Waals surface area (Å²) in [5.41, 5.74) is 3.17. The van der Waals surface area contributed by atoms with E-state index in [-0.39, 0.29) is 11.8 Å². The van der Waals surface area contributed by atoms with E-state index in [9.17, 15) is 9.59 Å². The van der Waals surface area contributed by atoms with Gasteiger partial charge in [0.25, 0.3) is 5.91 Å². The van der Waals surface area contributed by atoms with E-state index < -0.39 is 0 Å². The number of nitrogens with one attached hydrogen (secondary N) is 1. The number of carbonyl (C=O) groups is 2. The molecule has 0 saturated carbocycles. The summed E-state index contributed by atoms with van der Waals surface area (Å²) in [6.45, 7) is 3.88. The smallest absolute Gasteiger partial charge is 0.261 e. The average molecular weight is 328 g/mol. The molecule has 2 aromatic rings. The molecule has 2 amide bonds. The second-order valence-corrected chi connectivity index (χ2v) is 6.72. The molecule has 0 atom stereocenters. The zero-order valence-electron chi connectivity index (χ0n) is 13.2. The van der Waals surface area contributed by atoms with Crippen molar-refractivity contribution < 1.29 is 9.59 Å². The van der Waals surface area contributed by atoms with Crippen molar-refractivity contribution in [2.24, 2.45) is 0 Å². The first-order valence-electron chi connectivity index (χ1n) is 7.82. The van der Waals surface area contributed by atoms with Crippen LogP contribution in [-0.4, -0.2) is 23.3 Å². The van der Waals surface area contributed by atoms with Crippen LogP contribution in [0.4, 0.5) is 0 Å². The highest BCUT2D eigenvalue weighted by molar-refractivity contribution is 7.12. The van der Waals surface area contributed by atoms with Crippen molar-refractivity contribution in [3.05, 3.63) is 57.3 Å². The van der Waals surface area contributed by atoms with Crippen molar-refractivity contribution in [1.29, 1.82) is 0 Å². The fourth-order valence-electron chi connectivity index (χ4n) is 2.82. The second kappa shape index (κ2) is 6.96. The molecule has 1 aliphatic rings. The zero-order chi connectivity index (χ0) is 16.2. The van der Waals surface area contributed by atoms with Crippen LogP contribution >= 0.6 is 11.3 Å². The largest absolute Gasteiger partial charge is 0.347 e. The molecule has 4 nitrogen and oxygen atoms in total. The van der Waals surface area contributed by atoms with E-state index in [1.807, 2.05) is 47.5 Å². The number of amides is 2. The minimum atomic E-state index is -0.0375. The Kier molecular flexibility index (Phi) is 4.76. The van der Waals surface area contributed by atoms with E-state index in [0.717, 1.165) is 34.5 Å². The number of rotatable bonds is 5. The van der Waals surface area contributed by atoms with Crippen molar-refractivity contribution in [1.82, 2.24) is 10.2 Å². The minimum Gasteiger partial charge on any atom is -0.347 e. The molecule has 0 radical (unpaired) electrons. The fourth-order valence-corrected chi connectivity index (χ4v) is 3.66. The van der Waals surface area contributed by atoms with Crippen LogP contribution in [-0.2, 0) is 17.9 Å². The van der Waals surface area contributed by atoms with Gasteiger partial charge in [-0.1, -0.05) is 24.3 Å². The first-order chi connectivity index (χ1) is 11.1. The van der Waals surface area contributed by atoms with Crippen LogP contribution in [0.5, 0.6) is 0 Å². The lowest BCUT2D eigenvalue weighted by atomic mass is 10.1. The van der Waals surface area contributed by atoms with Gasteiger partial charge in [-0.05, 0) is 41.5 Å². The molecular weight excluding hydrogens is 308 g/mol. The summed E-state index contributed by atoms with van der Waals surface area (Å²) in [6.07, 6.45) is 1.59. The number of hydrogen-bond donors (Lipinski definition) is 1. The normalized spacial score (nSPS) is 14.3. The summed E-state index contributed by atoms with van der Waals surface area (Å²) in [6, 6.07) is 9.94. The molecule has 1 aliphatic heterocycles. The van der Waals surface area contributed by atoms with Crippen LogP contribution in [0.25, 0.3) is 0 Å². The Morgan fingerprint density at radius 3 is 2.70 bits per heavy atom. The average Bonchev–Trinajstić information content (AvgIpc) is 3.15. The Morgan fingerprint density at radius 2 is 2.04 bits per heavy atom. The van der Waals surface area contributed by atoms with Gasteiger partial charge in [-0.25, -0.2) is 0 Å². The second-order valence-electron chi connectivity index (χ2n) is 5.80. The highest BCUT2D eigenvalue weighted by Crippen LogP contribution is 2.18. The number of aryl methyl sites for hydroxylation is 1. The van der Waals surface area contributed by atoms with E-state index in [0.29, 0.717) is 19.5 Å².